The average molecular weight is 373 g/mol. The molecule has 1 N–H and O–H groups in total. The molecule has 2 heterocycles. The molecule has 3 aromatic rings. The van der Waals surface area contributed by atoms with E-state index < -0.39 is 11.7 Å². The first-order chi connectivity index (χ1) is 12.8. The normalized spacial score (nSPS) is 13.0. The summed E-state index contributed by atoms with van der Waals surface area (Å²) in [5.41, 5.74) is 3.69. The summed E-state index contributed by atoms with van der Waals surface area (Å²) in [7, 11) is 0. The Hall–Kier alpha value is -2.60. The van der Waals surface area contributed by atoms with Gasteiger partial charge in [0.05, 0.1) is 11.3 Å². The van der Waals surface area contributed by atoms with Crippen LogP contribution in [-0.2, 0) is 12.7 Å². The van der Waals surface area contributed by atoms with Crippen LogP contribution in [-0.4, -0.2) is 9.55 Å². The Morgan fingerprint density at radius 1 is 1.07 bits per heavy atom. The van der Waals surface area contributed by atoms with Crippen LogP contribution in [0.4, 0.5) is 13.2 Å². The highest BCUT2D eigenvalue weighted by Crippen LogP contribution is 2.31. The Bertz CT molecular complexity index is 914. The number of hydrogen-bond donors (Lipinski definition) is 1. The minimum absolute atomic E-state index is 0.0720. The third kappa shape index (κ3) is 4.22. The molecule has 3 rings (SSSR count). The fraction of sp³-hybridized carbons (Fsp3) is 0.286. The van der Waals surface area contributed by atoms with Gasteiger partial charge in [-0.2, -0.15) is 13.2 Å². The van der Waals surface area contributed by atoms with Crippen molar-refractivity contribution in [2.24, 2.45) is 0 Å². The SMILES string of the molecule is Cc1cc(CNC(C)c2ccccn2)c(C)n1-c1cccc(C(F)(F)F)c1. The van der Waals surface area contributed by atoms with Crippen molar-refractivity contribution in [2.75, 3.05) is 0 Å². The number of benzene rings is 1. The Balaban J connectivity index is 1.83. The highest BCUT2D eigenvalue weighted by molar-refractivity contribution is 5.43. The molecule has 1 aromatic carbocycles. The lowest BCUT2D eigenvalue weighted by atomic mass is 10.1. The molecule has 2 aromatic heterocycles. The molecule has 0 amide bonds. The first-order valence-electron chi connectivity index (χ1n) is 8.77. The van der Waals surface area contributed by atoms with Gasteiger partial charge in [-0.1, -0.05) is 12.1 Å². The highest BCUT2D eigenvalue weighted by Gasteiger charge is 2.30. The lowest BCUT2D eigenvalue weighted by molar-refractivity contribution is -0.137. The number of rotatable bonds is 5. The molecule has 27 heavy (non-hydrogen) atoms. The lowest BCUT2D eigenvalue weighted by Gasteiger charge is -2.15. The Labute approximate surface area is 156 Å². The van der Waals surface area contributed by atoms with E-state index in [0.29, 0.717) is 12.2 Å². The third-order valence-corrected chi connectivity index (χ3v) is 4.70. The maximum atomic E-state index is 13.0. The summed E-state index contributed by atoms with van der Waals surface area (Å²) in [4.78, 5) is 4.34. The predicted octanol–water partition coefficient (Wildman–Crippen LogP) is 5.36. The van der Waals surface area contributed by atoms with Gasteiger partial charge >= 0.3 is 6.18 Å². The highest BCUT2D eigenvalue weighted by atomic mass is 19.4. The fourth-order valence-corrected chi connectivity index (χ4v) is 3.23. The van der Waals surface area contributed by atoms with Gasteiger partial charge in [0, 0.05) is 35.9 Å². The van der Waals surface area contributed by atoms with Gasteiger partial charge in [-0.3, -0.25) is 4.98 Å². The van der Waals surface area contributed by atoms with E-state index in [2.05, 4.69) is 10.3 Å². The van der Waals surface area contributed by atoms with Crippen molar-refractivity contribution in [3.8, 4) is 5.69 Å². The molecule has 0 spiro atoms. The van der Waals surface area contributed by atoms with E-state index in [1.807, 2.05) is 49.6 Å². The van der Waals surface area contributed by atoms with E-state index in [-0.39, 0.29) is 6.04 Å². The molecule has 0 fully saturated rings. The van der Waals surface area contributed by atoms with Crippen LogP contribution in [0.5, 0.6) is 0 Å². The van der Waals surface area contributed by atoms with Crippen LogP contribution in [0.15, 0.2) is 54.7 Å². The quantitative estimate of drug-likeness (QED) is 0.653. The minimum Gasteiger partial charge on any atom is -0.318 e. The average Bonchev–Trinajstić information content (AvgIpc) is 2.93. The molecule has 1 unspecified atom stereocenters. The van der Waals surface area contributed by atoms with Crippen LogP contribution < -0.4 is 5.32 Å². The molecule has 1 atom stereocenters. The molecule has 0 bridgehead atoms. The summed E-state index contributed by atoms with van der Waals surface area (Å²) < 4.78 is 41.0. The number of nitrogens with one attached hydrogen (secondary N) is 1. The number of nitrogens with zero attached hydrogens (tertiary/aromatic N) is 2. The third-order valence-electron chi connectivity index (χ3n) is 4.70. The number of alkyl halides is 3. The van der Waals surface area contributed by atoms with Crippen molar-refractivity contribution < 1.29 is 13.2 Å². The molecule has 0 radical (unpaired) electrons. The second kappa shape index (κ2) is 7.56. The summed E-state index contributed by atoms with van der Waals surface area (Å²) >= 11 is 0. The second-order valence-electron chi connectivity index (χ2n) is 6.64. The summed E-state index contributed by atoms with van der Waals surface area (Å²) in [6.45, 7) is 6.47. The van der Waals surface area contributed by atoms with Crippen molar-refractivity contribution in [2.45, 2.75) is 39.5 Å². The Kier molecular flexibility index (Phi) is 5.37. The molecule has 0 aliphatic rings. The van der Waals surface area contributed by atoms with Crippen molar-refractivity contribution in [3.05, 3.63) is 82.9 Å². The lowest BCUT2D eigenvalue weighted by Crippen LogP contribution is -2.19. The van der Waals surface area contributed by atoms with E-state index in [1.165, 1.54) is 12.1 Å². The van der Waals surface area contributed by atoms with Gasteiger partial charge < -0.3 is 9.88 Å². The van der Waals surface area contributed by atoms with Gasteiger partial charge in [-0.15, -0.1) is 0 Å². The molecular formula is C21H22F3N3. The molecule has 0 saturated carbocycles. The van der Waals surface area contributed by atoms with Gasteiger partial charge in [0.25, 0.3) is 0 Å². The van der Waals surface area contributed by atoms with E-state index >= 15 is 0 Å². The molecule has 3 nitrogen and oxygen atoms in total. The minimum atomic E-state index is -4.35. The summed E-state index contributed by atoms with van der Waals surface area (Å²) in [6, 6.07) is 13.3. The maximum absolute atomic E-state index is 13.0. The number of pyridine rings is 1. The van der Waals surface area contributed by atoms with Crippen LogP contribution in [0.25, 0.3) is 5.69 Å². The van der Waals surface area contributed by atoms with Crippen LogP contribution in [0.1, 0.15) is 41.2 Å². The molecule has 6 heteroatoms. The maximum Gasteiger partial charge on any atom is 0.416 e. The van der Waals surface area contributed by atoms with Crippen molar-refractivity contribution in [1.29, 1.82) is 0 Å². The number of aromatic nitrogens is 2. The van der Waals surface area contributed by atoms with Crippen molar-refractivity contribution in [3.63, 3.8) is 0 Å². The molecule has 142 valence electrons. The zero-order valence-electron chi connectivity index (χ0n) is 15.5. The van der Waals surface area contributed by atoms with E-state index in [0.717, 1.165) is 28.7 Å². The molecule has 0 aliphatic carbocycles. The number of halogens is 3. The predicted molar refractivity (Wildman–Crippen MR) is 99.7 cm³/mol. The molecular weight excluding hydrogens is 351 g/mol. The summed E-state index contributed by atoms with van der Waals surface area (Å²) in [5.74, 6) is 0. The summed E-state index contributed by atoms with van der Waals surface area (Å²) in [5, 5.41) is 3.43. The van der Waals surface area contributed by atoms with E-state index in [1.54, 1.807) is 12.3 Å². The van der Waals surface area contributed by atoms with Crippen LogP contribution in [0.3, 0.4) is 0 Å². The largest absolute Gasteiger partial charge is 0.416 e. The van der Waals surface area contributed by atoms with Crippen molar-refractivity contribution in [1.82, 2.24) is 14.9 Å². The Morgan fingerprint density at radius 2 is 1.85 bits per heavy atom. The topological polar surface area (TPSA) is 29.9 Å². The monoisotopic (exact) mass is 373 g/mol. The van der Waals surface area contributed by atoms with E-state index in [9.17, 15) is 13.2 Å². The van der Waals surface area contributed by atoms with Gasteiger partial charge in [0.15, 0.2) is 0 Å². The standard InChI is InChI=1S/C21H22F3N3/c1-14-11-17(13-26-15(2)20-9-4-5-10-25-20)16(3)27(14)19-8-6-7-18(12-19)21(22,23)24/h4-12,15,26H,13H2,1-3H3. The van der Waals surface area contributed by atoms with Crippen LogP contribution in [0, 0.1) is 13.8 Å². The molecule has 0 saturated heterocycles. The van der Waals surface area contributed by atoms with E-state index in [4.69, 9.17) is 0 Å². The van der Waals surface area contributed by atoms with Gasteiger partial charge in [-0.05, 0) is 62.7 Å². The number of hydrogen-bond acceptors (Lipinski definition) is 2. The first-order valence-corrected chi connectivity index (χ1v) is 8.77. The molecule has 0 aliphatic heterocycles. The van der Waals surface area contributed by atoms with Gasteiger partial charge in [0.1, 0.15) is 0 Å². The zero-order valence-corrected chi connectivity index (χ0v) is 15.5. The Morgan fingerprint density at radius 3 is 2.52 bits per heavy atom. The van der Waals surface area contributed by atoms with Crippen LogP contribution >= 0.6 is 0 Å². The van der Waals surface area contributed by atoms with Crippen molar-refractivity contribution >= 4 is 0 Å². The smallest absolute Gasteiger partial charge is 0.318 e. The van der Waals surface area contributed by atoms with Crippen LogP contribution in [0.2, 0.25) is 0 Å². The fourth-order valence-electron chi connectivity index (χ4n) is 3.23. The summed E-state index contributed by atoms with van der Waals surface area (Å²) in [6.07, 6.45) is -2.60. The van der Waals surface area contributed by atoms with Gasteiger partial charge in [0.2, 0.25) is 0 Å². The zero-order chi connectivity index (χ0) is 19.6. The second-order valence-corrected chi connectivity index (χ2v) is 6.64. The number of aryl methyl sites for hydroxylation is 1. The first kappa shape index (κ1) is 19.2. The van der Waals surface area contributed by atoms with Gasteiger partial charge in [-0.25, -0.2) is 0 Å².